The minimum absolute atomic E-state index is 0.180. The molecule has 2 aromatic rings. The summed E-state index contributed by atoms with van der Waals surface area (Å²) in [6.45, 7) is 2.07. The predicted molar refractivity (Wildman–Crippen MR) is 111 cm³/mol. The minimum atomic E-state index is -3.56. The molecular weight excluding hydrogens is 406 g/mol. The number of aryl methyl sites for hydroxylation is 1. The quantitative estimate of drug-likeness (QED) is 0.721. The largest absolute Gasteiger partial charge is 0.493 e. The molecule has 0 spiro atoms. The summed E-state index contributed by atoms with van der Waals surface area (Å²) in [5.41, 5.74) is 2.50. The fourth-order valence-electron chi connectivity index (χ4n) is 4.18. The van der Waals surface area contributed by atoms with E-state index in [4.69, 9.17) is 9.47 Å². The van der Waals surface area contributed by atoms with Crippen molar-refractivity contribution in [1.29, 1.82) is 0 Å². The lowest BCUT2D eigenvalue weighted by molar-refractivity contribution is 0.0724. The summed E-state index contributed by atoms with van der Waals surface area (Å²) in [5, 5.41) is 0. The molecule has 0 N–H and O–H groups in total. The highest BCUT2D eigenvalue weighted by Gasteiger charge is 2.31. The Hall–Kier alpha value is -2.52. The average molecular weight is 434 g/mol. The highest BCUT2D eigenvalue weighted by Crippen LogP contribution is 2.33. The Kier molecular flexibility index (Phi) is 5.50. The lowest BCUT2D eigenvalue weighted by Gasteiger charge is -2.29. The molecule has 30 heavy (non-hydrogen) atoms. The Morgan fingerprint density at radius 1 is 0.967 bits per heavy atom. The van der Waals surface area contributed by atoms with Gasteiger partial charge in [-0.25, -0.2) is 8.42 Å². The number of hydrogen-bond donors (Lipinski definition) is 0. The van der Waals surface area contributed by atoms with Crippen molar-refractivity contribution in [3.8, 4) is 11.5 Å². The van der Waals surface area contributed by atoms with Gasteiger partial charge in [0.05, 0.1) is 14.2 Å². The van der Waals surface area contributed by atoms with Gasteiger partial charge in [-0.1, -0.05) is 0 Å². The SMILES string of the molecule is COc1cc2c(cc1OC)CN(C(=O)c1cc(S(=O)(=O)N3CCCC3)cn1C)CC2. The second-order valence-corrected chi connectivity index (χ2v) is 9.67. The summed E-state index contributed by atoms with van der Waals surface area (Å²) >= 11 is 0. The van der Waals surface area contributed by atoms with Crippen LogP contribution >= 0.6 is 0 Å². The van der Waals surface area contributed by atoms with Crippen molar-refractivity contribution in [2.24, 2.45) is 7.05 Å². The zero-order valence-electron chi connectivity index (χ0n) is 17.6. The molecule has 0 atom stereocenters. The van der Waals surface area contributed by atoms with Gasteiger partial charge < -0.3 is 18.9 Å². The summed E-state index contributed by atoms with van der Waals surface area (Å²) in [6, 6.07) is 5.36. The first-order chi connectivity index (χ1) is 14.3. The molecule has 0 unspecified atom stereocenters. The molecule has 2 aliphatic rings. The number of methoxy groups -OCH3 is 2. The van der Waals surface area contributed by atoms with Crippen molar-refractivity contribution < 1.29 is 22.7 Å². The maximum absolute atomic E-state index is 13.2. The van der Waals surface area contributed by atoms with Crippen molar-refractivity contribution in [2.75, 3.05) is 33.9 Å². The molecule has 1 aromatic heterocycles. The Balaban J connectivity index is 1.58. The second kappa shape index (κ2) is 7.96. The number of nitrogens with zero attached hydrogens (tertiary/aromatic N) is 3. The Morgan fingerprint density at radius 3 is 2.23 bits per heavy atom. The zero-order valence-corrected chi connectivity index (χ0v) is 18.4. The molecule has 0 bridgehead atoms. The number of ether oxygens (including phenoxy) is 2. The smallest absolute Gasteiger partial charge is 0.270 e. The van der Waals surface area contributed by atoms with Crippen molar-refractivity contribution >= 4 is 15.9 Å². The van der Waals surface area contributed by atoms with Crippen LogP contribution in [0.15, 0.2) is 29.3 Å². The van der Waals surface area contributed by atoms with Crippen LogP contribution in [0.1, 0.15) is 34.5 Å². The summed E-state index contributed by atoms with van der Waals surface area (Å²) in [5.74, 6) is 1.12. The highest BCUT2D eigenvalue weighted by atomic mass is 32.2. The fourth-order valence-corrected chi connectivity index (χ4v) is 5.77. The minimum Gasteiger partial charge on any atom is -0.493 e. The molecule has 9 heteroatoms. The van der Waals surface area contributed by atoms with Gasteiger partial charge in [0.2, 0.25) is 10.0 Å². The van der Waals surface area contributed by atoms with Crippen LogP contribution in [0.5, 0.6) is 11.5 Å². The van der Waals surface area contributed by atoms with Crippen LogP contribution in [0, 0.1) is 0 Å². The van der Waals surface area contributed by atoms with Gasteiger partial charge in [-0.3, -0.25) is 4.79 Å². The maximum atomic E-state index is 13.2. The van der Waals surface area contributed by atoms with Crippen molar-refractivity contribution in [2.45, 2.75) is 30.7 Å². The molecule has 1 aromatic carbocycles. The molecule has 2 aliphatic heterocycles. The van der Waals surface area contributed by atoms with Crippen LogP contribution in [-0.2, 0) is 30.0 Å². The van der Waals surface area contributed by atoms with Crippen molar-refractivity contribution in [1.82, 2.24) is 13.8 Å². The monoisotopic (exact) mass is 433 g/mol. The van der Waals surface area contributed by atoms with Crippen LogP contribution in [0.4, 0.5) is 0 Å². The summed E-state index contributed by atoms with van der Waals surface area (Å²) < 4.78 is 39.6. The first-order valence-electron chi connectivity index (χ1n) is 10.0. The van der Waals surface area contributed by atoms with Gasteiger partial charge in [-0.2, -0.15) is 4.31 Å². The van der Waals surface area contributed by atoms with Crippen molar-refractivity contribution in [3.05, 3.63) is 41.2 Å². The number of aromatic nitrogens is 1. The van der Waals surface area contributed by atoms with E-state index in [1.165, 1.54) is 16.6 Å². The van der Waals surface area contributed by atoms with E-state index >= 15 is 0 Å². The third-order valence-corrected chi connectivity index (χ3v) is 7.77. The van der Waals surface area contributed by atoms with Gasteiger partial charge in [0.15, 0.2) is 11.5 Å². The Bertz CT molecular complexity index is 1070. The number of amides is 1. The van der Waals surface area contributed by atoms with Crippen LogP contribution in [-0.4, -0.2) is 62.0 Å². The number of benzene rings is 1. The molecule has 1 saturated heterocycles. The maximum Gasteiger partial charge on any atom is 0.270 e. The van der Waals surface area contributed by atoms with E-state index in [0.717, 1.165) is 24.0 Å². The van der Waals surface area contributed by atoms with Gasteiger partial charge in [-0.05, 0) is 48.6 Å². The average Bonchev–Trinajstić information content (AvgIpc) is 3.42. The third-order valence-electron chi connectivity index (χ3n) is 5.91. The molecule has 162 valence electrons. The number of carbonyl (C=O) groups excluding carboxylic acids is 1. The van der Waals surface area contributed by atoms with Crippen LogP contribution < -0.4 is 9.47 Å². The number of hydrogen-bond acceptors (Lipinski definition) is 5. The van der Waals surface area contributed by atoms with E-state index in [0.29, 0.717) is 49.8 Å². The molecular formula is C21H27N3O5S. The van der Waals surface area contributed by atoms with E-state index in [1.54, 1.807) is 30.7 Å². The molecule has 8 nitrogen and oxygen atoms in total. The summed E-state index contributed by atoms with van der Waals surface area (Å²) in [6.07, 6.45) is 3.98. The predicted octanol–water partition coefficient (Wildman–Crippen LogP) is 2.03. The van der Waals surface area contributed by atoms with Crippen molar-refractivity contribution in [3.63, 3.8) is 0 Å². The molecule has 1 amide bonds. The van der Waals surface area contributed by atoms with Crippen LogP contribution in [0.25, 0.3) is 0 Å². The zero-order chi connectivity index (χ0) is 21.5. The third kappa shape index (κ3) is 3.56. The van der Waals surface area contributed by atoms with Gasteiger partial charge >= 0.3 is 0 Å². The highest BCUT2D eigenvalue weighted by molar-refractivity contribution is 7.89. The van der Waals surface area contributed by atoms with E-state index in [9.17, 15) is 13.2 Å². The summed E-state index contributed by atoms with van der Waals surface area (Å²) in [7, 11) is 1.34. The fraction of sp³-hybridized carbons (Fsp3) is 0.476. The first kappa shape index (κ1) is 20.7. The standard InChI is InChI=1S/C21H27N3O5S/c1-22-14-17(30(26,27)24-7-4-5-8-24)12-18(22)21(25)23-9-6-15-10-19(28-2)20(29-3)11-16(15)13-23/h10-12,14H,4-9,13H2,1-3H3. The van der Waals surface area contributed by atoms with E-state index < -0.39 is 10.0 Å². The Labute approximate surface area is 177 Å². The lowest BCUT2D eigenvalue weighted by Crippen LogP contribution is -2.36. The van der Waals surface area contributed by atoms with E-state index in [1.807, 2.05) is 12.1 Å². The number of carbonyl (C=O) groups is 1. The van der Waals surface area contributed by atoms with Crippen LogP contribution in [0.2, 0.25) is 0 Å². The first-order valence-corrected chi connectivity index (χ1v) is 11.5. The normalized spacial score (nSPS) is 17.1. The van der Waals surface area contributed by atoms with Gasteiger partial charge in [0.1, 0.15) is 10.6 Å². The number of rotatable bonds is 5. The molecule has 0 aliphatic carbocycles. The molecule has 1 fully saturated rings. The lowest BCUT2D eigenvalue weighted by atomic mass is 9.98. The molecule has 4 rings (SSSR count). The Morgan fingerprint density at radius 2 is 1.60 bits per heavy atom. The number of sulfonamides is 1. The topological polar surface area (TPSA) is 81.1 Å². The number of fused-ring (bicyclic) bond motifs is 1. The second-order valence-electron chi connectivity index (χ2n) is 7.74. The molecule has 3 heterocycles. The van der Waals surface area contributed by atoms with Gasteiger partial charge in [0.25, 0.3) is 5.91 Å². The molecule has 0 saturated carbocycles. The van der Waals surface area contributed by atoms with E-state index in [2.05, 4.69) is 0 Å². The molecule has 0 radical (unpaired) electrons. The van der Waals surface area contributed by atoms with Gasteiger partial charge in [-0.15, -0.1) is 0 Å². The van der Waals surface area contributed by atoms with Gasteiger partial charge in [0, 0.05) is 39.4 Å². The summed E-state index contributed by atoms with van der Waals surface area (Å²) in [4.78, 5) is 15.1. The van der Waals surface area contributed by atoms with Crippen LogP contribution in [0.3, 0.4) is 0 Å². The van der Waals surface area contributed by atoms with E-state index in [-0.39, 0.29) is 10.8 Å².